The summed E-state index contributed by atoms with van der Waals surface area (Å²) in [6.07, 6.45) is 4.88. The maximum absolute atomic E-state index is 12.5. The van der Waals surface area contributed by atoms with Crippen LogP contribution in [0.1, 0.15) is 30.4 Å². The summed E-state index contributed by atoms with van der Waals surface area (Å²) in [5, 5.41) is 10.4. The zero-order valence-electron chi connectivity index (χ0n) is 13.0. The summed E-state index contributed by atoms with van der Waals surface area (Å²) in [6.45, 7) is 1.35. The largest absolute Gasteiger partial charge is 0.387 e. The van der Waals surface area contributed by atoms with Crippen molar-refractivity contribution < 1.29 is 13.5 Å². The minimum Gasteiger partial charge on any atom is -0.387 e. The summed E-state index contributed by atoms with van der Waals surface area (Å²) in [5.41, 5.74) is 1.45. The molecule has 1 saturated heterocycles. The van der Waals surface area contributed by atoms with Gasteiger partial charge in [-0.1, -0.05) is 6.07 Å². The number of nitrogens with zero attached hydrogens (tertiary/aromatic N) is 1. The predicted molar refractivity (Wildman–Crippen MR) is 85.3 cm³/mol. The lowest BCUT2D eigenvalue weighted by atomic mass is 9.92. The number of likely N-dealkylation sites (N-methyl/N-ethyl adjacent to an activating group) is 1. The number of likely N-dealkylation sites (tertiary alicyclic amines) is 1. The predicted octanol–water partition coefficient (Wildman–Crippen LogP) is 0.910. The summed E-state index contributed by atoms with van der Waals surface area (Å²) in [5.74, 6) is 0. The van der Waals surface area contributed by atoms with Crippen LogP contribution in [-0.4, -0.2) is 50.7 Å². The molecule has 5 nitrogen and oxygen atoms in total. The molecular weight excluding hydrogens is 300 g/mol. The van der Waals surface area contributed by atoms with Crippen LogP contribution in [-0.2, 0) is 22.9 Å². The number of hydrogen-bond donors (Lipinski definition) is 2. The Morgan fingerprint density at radius 1 is 1.27 bits per heavy atom. The molecule has 0 spiro atoms. The van der Waals surface area contributed by atoms with E-state index >= 15 is 0 Å². The first-order valence-electron chi connectivity index (χ1n) is 7.90. The molecule has 22 heavy (non-hydrogen) atoms. The maximum Gasteiger partial charge on any atom is 0.240 e. The number of benzene rings is 1. The molecule has 0 saturated carbocycles. The van der Waals surface area contributed by atoms with Gasteiger partial charge in [0.15, 0.2) is 0 Å². The zero-order chi connectivity index (χ0) is 15.8. The lowest BCUT2D eigenvalue weighted by Crippen LogP contribution is -2.44. The molecule has 0 aromatic heterocycles. The Balaban J connectivity index is 1.73. The van der Waals surface area contributed by atoms with Crippen LogP contribution in [0.2, 0.25) is 0 Å². The van der Waals surface area contributed by atoms with Crippen LogP contribution in [0.15, 0.2) is 23.1 Å². The number of rotatable bonds is 4. The number of β-amino-alcohol motifs (C(OH)–C–C–N with tert-alkyl or cyclic N) is 1. The first-order valence-corrected chi connectivity index (χ1v) is 9.39. The second-order valence-corrected chi connectivity index (χ2v) is 8.44. The lowest BCUT2D eigenvalue weighted by Gasteiger charge is -2.23. The van der Waals surface area contributed by atoms with Gasteiger partial charge in [0.1, 0.15) is 0 Å². The Morgan fingerprint density at radius 2 is 2.00 bits per heavy atom. The van der Waals surface area contributed by atoms with Gasteiger partial charge in [0.05, 0.1) is 10.5 Å². The fourth-order valence-electron chi connectivity index (χ4n) is 3.39. The molecule has 3 rings (SSSR count). The van der Waals surface area contributed by atoms with Crippen molar-refractivity contribution in [2.24, 2.45) is 0 Å². The van der Waals surface area contributed by atoms with Gasteiger partial charge in [-0.05, 0) is 62.4 Å². The zero-order valence-corrected chi connectivity index (χ0v) is 13.8. The fraction of sp³-hybridized carbons (Fsp3) is 0.625. The van der Waals surface area contributed by atoms with Crippen LogP contribution in [0.5, 0.6) is 0 Å². The van der Waals surface area contributed by atoms with Crippen molar-refractivity contribution in [2.75, 3.05) is 26.7 Å². The van der Waals surface area contributed by atoms with E-state index in [-0.39, 0.29) is 6.54 Å². The molecular formula is C16H24N2O3S. The molecule has 1 atom stereocenters. The number of nitrogens with one attached hydrogen (secondary N) is 1. The van der Waals surface area contributed by atoms with E-state index in [9.17, 15) is 13.5 Å². The van der Waals surface area contributed by atoms with Crippen molar-refractivity contribution in [3.8, 4) is 0 Å². The number of fused-ring (bicyclic) bond motifs is 1. The molecule has 1 aliphatic carbocycles. The summed E-state index contributed by atoms with van der Waals surface area (Å²) >= 11 is 0. The third kappa shape index (κ3) is 3.35. The topological polar surface area (TPSA) is 69.6 Å². The molecule has 0 radical (unpaired) electrons. The smallest absolute Gasteiger partial charge is 0.240 e. The van der Waals surface area contributed by atoms with E-state index in [0.717, 1.165) is 31.4 Å². The van der Waals surface area contributed by atoms with E-state index in [1.54, 1.807) is 12.1 Å². The molecule has 122 valence electrons. The Morgan fingerprint density at radius 3 is 2.68 bits per heavy atom. The molecule has 1 aromatic rings. The van der Waals surface area contributed by atoms with Gasteiger partial charge in [-0.3, -0.25) is 0 Å². The number of sulfonamides is 1. The van der Waals surface area contributed by atoms with Crippen molar-refractivity contribution in [1.29, 1.82) is 0 Å². The van der Waals surface area contributed by atoms with Gasteiger partial charge < -0.3 is 10.0 Å². The Bertz CT molecular complexity index is 659. The molecule has 1 aromatic carbocycles. The Labute approximate surface area is 132 Å². The monoisotopic (exact) mass is 324 g/mol. The molecule has 1 unspecified atom stereocenters. The highest BCUT2D eigenvalue weighted by atomic mass is 32.2. The molecule has 1 heterocycles. The molecule has 2 aliphatic rings. The van der Waals surface area contributed by atoms with Gasteiger partial charge >= 0.3 is 0 Å². The van der Waals surface area contributed by atoms with Gasteiger partial charge in [-0.15, -0.1) is 0 Å². The van der Waals surface area contributed by atoms with Crippen molar-refractivity contribution >= 4 is 10.0 Å². The standard InChI is InChI=1S/C16H24N2O3S/c1-18-9-8-16(19,12-18)11-17-22(20,21)15-7-6-13-4-2-3-5-14(13)10-15/h6-7,10,17,19H,2-5,8-9,11-12H2,1H3. The van der Waals surface area contributed by atoms with Crippen LogP contribution in [0, 0.1) is 0 Å². The van der Waals surface area contributed by atoms with Gasteiger partial charge in [0.25, 0.3) is 0 Å². The highest BCUT2D eigenvalue weighted by molar-refractivity contribution is 7.89. The van der Waals surface area contributed by atoms with Crippen molar-refractivity contribution in [2.45, 2.75) is 42.6 Å². The highest BCUT2D eigenvalue weighted by Gasteiger charge is 2.35. The minimum atomic E-state index is -3.57. The fourth-order valence-corrected chi connectivity index (χ4v) is 4.56. The average molecular weight is 324 g/mol. The van der Waals surface area contributed by atoms with Crippen LogP contribution < -0.4 is 4.72 Å². The molecule has 6 heteroatoms. The SMILES string of the molecule is CN1CCC(O)(CNS(=O)(=O)c2ccc3c(c2)CCCC3)C1. The van der Waals surface area contributed by atoms with E-state index in [1.807, 2.05) is 18.0 Å². The molecule has 2 N–H and O–H groups in total. The Kier molecular flexibility index (Phi) is 4.29. The quantitative estimate of drug-likeness (QED) is 0.864. The minimum absolute atomic E-state index is 0.0662. The second kappa shape index (κ2) is 5.92. The maximum atomic E-state index is 12.5. The Hall–Kier alpha value is -0.950. The van der Waals surface area contributed by atoms with E-state index in [1.165, 1.54) is 12.0 Å². The normalized spacial score (nSPS) is 26.1. The van der Waals surface area contributed by atoms with Crippen molar-refractivity contribution in [3.05, 3.63) is 29.3 Å². The van der Waals surface area contributed by atoms with Crippen LogP contribution >= 0.6 is 0 Å². The summed E-state index contributed by atoms with van der Waals surface area (Å²) in [6, 6.07) is 5.40. The van der Waals surface area contributed by atoms with E-state index in [2.05, 4.69) is 4.72 Å². The molecule has 0 bridgehead atoms. The first kappa shape index (κ1) is 15.9. The van der Waals surface area contributed by atoms with Crippen LogP contribution in [0.25, 0.3) is 0 Å². The van der Waals surface area contributed by atoms with E-state index < -0.39 is 15.6 Å². The summed E-state index contributed by atoms with van der Waals surface area (Å²) in [4.78, 5) is 2.32. The van der Waals surface area contributed by atoms with E-state index in [4.69, 9.17) is 0 Å². The van der Waals surface area contributed by atoms with Crippen LogP contribution in [0.3, 0.4) is 0 Å². The third-order valence-corrected chi connectivity index (χ3v) is 6.14. The van der Waals surface area contributed by atoms with Crippen molar-refractivity contribution in [1.82, 2.24) is 9.62 Å². The van der Waals surface area contributed by atoms with E-state index in [0.29, 0.717) is 17.9 Å². The lowest BCUT2D eigenvalue weighted by molar-refractivity contribution is 0.0572. The van der Waals surface area contributed by atoms with Crippen LogP contribution in [0.4, 0.5) is 0 Å². The molecule has 1 fully saturated rings. The first-order chi connectivity index (χ1) is 10.4. The second-order valence-electron chi connectivity index (χ2n) is 6.67. The van der Waals surface area contributed by atoms with Crippen molar-refractivity contribution in [3.63, 3.8) is 0 Å². The van der Waals surface area contributed by atoms with Gasteiger partial charge in [-0.25, -0.2) is 13.1 Å². The van der Waals surface area contributed by atoms with Gasteiger partial charge in [0, 0.05) is 19.6 Å². The number of aliphatic hydroxyl groups is 1. The third-order valence-electron chi connectivity index (χ3n) is 4.74. The average Bonchev–Trinajstić information content (AvgIpc) is 2.85. The van der Waals surface area contributed by atoms with Gasteiger partial charge in [0.2, 0.25) is 10.0 Å². The molecule has 1 aliphatic heterocycles. The van der Waals surface area contributed by atoms with Gasteiger partial charge in [-0.2, -0.15) is 0 Å². The summed E-state index contributed by atoms with van der Waals surface area (Å²) < 4.78 is 27.5. The molecule has 0 amide bonds. The number of hydrogen-bond acceptors (Lipinski definition) is 4. The number of aryl methyl sites for hydroxylation is 2. The highest BCUT2D eigenvalue weighted by Crippen LogP contribution is 2.25. The summed E-state index contributed by atoms with van der Waals surface area (Å²) in [7, 11) is -1.64.